The monoisotopic (exact) mass is 362 g/mol. The number of thiazole rings is 1. The predicted octanol–water partition coefficient (Wildman–Crippen LogP) is 4.59. The zero-order chi connectivity index (χ0) is 14.8. The van der Waals surface area contributed by atoms with Crippen molar-refractivity contribution in [3.8, 4) is 0 Å². The molecule has 1 aromatic heterocycles. The molecule has 2 aromatic carbocycles. The van der Waals surface area contributed by atoms with Crippen molar-refractivity contribution in [2.75, 3.05) is 12.4 Å². The average Bonchev–Trinajstić information content (AvgIpc) is 2.95. The number of nitrogens with zero attached hydrogens (tertiary/aromatic N) is 1. The molecule has 0 aliphatic carbocycles. The largest absolute Gasteiger partial charge is 0.464 e. The van der Waals surface area contributed by atoms with E-state index in [9.17, 15) is 4.79 Å². The van der Waals surface area contributed by atoms with Gasteiger partial charge in [-0.05, 0) is 35.0 Å². The highest BCUT2D eigenvalue weighted by molar-refractivity contribution is 9.10. The first-order valence-electron chi connectivity index (χ1n) is 6.16. The number of nitrogens with one attached hydrogen (secondary N) is 1. The van der Waals surface area contributed by atoms with Crippen LogP contribution in [0.1, 0.15) is 10.5 Å². The lowest BCUT2D eigenvalue weighted by Crippen LogP contribution is -2.01. The zero-order valence-corrected chi connectivity index (χ0v) is 13.5. The fourth-order valence-corrected chi connectivity index (χ4v) is 3.03. The molecule has 0 amide bonds. The molecule has 1 N–H and O–H groups in total. The van der Waals surface area contributed by atoms with Crippen molar-refractivity contribution >= 4 is 54.8 Å². The summed E-state index contributed by atoms with van der Waals surface area (Å²) in [6.07, 6.45) is 0. The topological polar surface area (TPSA) is 51.2 Å². The van der Waals surface area contributed by atoms with Crippen molar-refractivity contribution in [3.63, 3.8) is 0 Å². The van der Waals surface area contributed by atoms with Gasteiger partial charge in [0, 0.05) is 15.5 Å². The number of hydrogen-bond donors (Lipinski definition) is 1. The number of anilines is 2. The molecule has 4 nitrogen and oxygen atoms in total. The highest BCUT2D eigenvalue weighted by Crippen LogP contribution is 2.26. The third kappa shape index (κ3) is 3.06. The number of fused-ring (bicyclic) bond motifs is 1. The second-order valence-corrected chi connectivity index (χ2v) is 6.13. The van der Waals surface area contributed by atoms with Gasteiger partial charge in [-0.25, -0.2) is 9.78 Å². The zero-order valence-electron chi connectivity index (χ0n) is 11.1. The summed E-state index contributed by atoms with van der Waals surface area (Å²) in [6.45, 7) is 0. The van der Waals surface area contributed by atoms with Crippen molar-refractivity contribution in [1.82, 2.24) is 4.98 Å². The minimum absolute atomic E-state index is 0.315. The van der Waals surface area contributed by atoms with Crippen molar-refractivity contribution < 1.29 is 9.53 Å². The number of ether oxygens (including phenoxy) is 1. The van der Waals surface area contributed by atoms with E-state index in [1.54, 1.807) is 5.38 Å². The van der Waals surface area contributed by atoms with Crippen LogP contribution in [0.5, 0.6) is 0 Å². The van der Waals surface area contributed by atoms with Gasteiger partial charge in [-0.3, -0.25) is 0 Å². The molecular weight excluding hydrogens is 352 g/mol. The van der Waals surface area contributed by atoms with Crippen LogP contribution in [-0.2, 0) is 4.74 Å². The van der Waals surface area contributed by atoms with Crippen LogP contribution < -0.4 is 5.32 Å². The quantitative estimate of drug-likeness (QED) is 0.692. The first-order valence-corrected chi connectivity index (χ1v) is 7.83. The number of halogens is 1. The minimum Gasteiger partial charge on any atom is -0.464 e. The molecule has 0 radical (unpaired) electrons. The number of aromatic nitrogens is 1. The number of esters is 1. The lowest BCUT2D eigenvalue weighted by atomic mass is 10.1. The Morgan fingerprint density at radius 1 is 1.24 bits per heavy atom. The number of methoxy groups -OCH3 is 1. The fourth-order valence-electron chi connectivity index (χ4n) is 1.95. The summed E-state index contributed by atoms with van der Waals surface area (Å²) in [5.74, 6) is -0.428. The Hall–Kier alpha value is -1.92. The van der Waals surface area contributed by atoms with Crippen LogP contribution in [-0.4, -0.2) is 18.1 Å². The van der Waals surface area contributed by atoms with E-state index >= 15 is 0 Å². The van der Waals surface area contributed by atoms with Crippen LogP contribution in [0.2, 0.25) is 0 Å². The number of benzene rings is 2. The second kappa shape index (κ2) is 5.83. The first-order chi connectivity index (χ1) is 10.2. The third-order valence-electron chi connectivity index (χ3n) is 2.95. The molecular formula is C15H11BrN2O2S. The highest BCUT2D eigenvalue weighted by Gasteiger charge is 2.10. The van der Waals surface area contributed by atoms with Crippen molar-refractivity contribution in [2.45, 2.75) is 0 Å². The van der Waals surface area contributed by atoms with Gasteiger partial charge in [0.1, 0.15) is 0 Å². The molecule has 6 heteroatoms. The van der Waals surface area contributed by atoms with Gasteiger partial charge in [0.2, 0.25) is 0 Å². The lowest BCUT2D eigenvalue weighted by Gasteiger charge is -2.05. The van der Waals surface area contributed by atoms with Crippen LogP contribution >= 0.6 is 27.3 Å². The van der Waals surface area contributed by atoms with Gasteiger partial charge in [-0.1, -0.05) is 28.1 Å². The molecule has 0 saturated carbocycles. The molecule has 0 bridgehead atoms. The Bertz CT molecular complexity index is 816. The van der Waals surface area contributed by atoms with Crippen LogP contribution in [0.15, 0.2) is 46.3 Å². The normalized spacial score (nSPS) is 10.6. The van der Waals surface area contributed by atoms with Gasteiger partial charge in [0.05, 0.1) is 7.11 Å². The summed E-state index contributed by atoms with van der Waals surface area (Å²) >= 11 is 4.83. The van der Waals surface area contributed by atoms with Crippen molar-refractivity contribution in [3.05, 3.63) is 51.9 Å². The van der Waals surface area contributed by atoms with Gasteiger partial charge < -0.3 is 10.1 Å². The number of carbonyl (C=O) groups is 1. The van der Waals surface area contributed by atoms with Crippen LogP contribution in [0.3, 0.4) is 0 Å². The molecule has 0 spiro atoms. The number of rotatable bonds is 3. The number of hydrogen-bond acceptors (Lipinski definition) is 5. The third-order valence-corrected chi connectivity index (χ3v) is 4.20. The maximum atomic E-state index is 11.4. The molecule has 0 aliphatic rings. The van der Waals surface area contributed by atoms with Crippen molar-refractivity contribution in [1.29, 1.82) is 0 Å². The summed E-state index contributed by atoms with van der Waals surface area (Å²) in [6, 6.07) is 12.2. The molecule has 0 saturated heterocycles. The number of carbonyl (C=O) groups excluding carboxylic acids is 1. The standard InChI is InChI=1S/C15H11BrN2O2S/c1-20-14(19)13-8-21-15(18-13)17-12-5-3-9-6-11(16)4-2-10(9)7-12/h2-8H,1H3,(H,17,18). The van der Waals surface area contributed by atoms with Crippen LogP contribution in [0, 0.1) is 0 Å². The lowest BCUT2D eigenvalue weighted by molar-refractivity contribution is 0.0595. The summed E-state index contributed by atoms with van der Waals surface area (Å²) in [5.41, 5.74) is 1.24. The molecule has 0 fully saturated rings. The maximum absolute atomic E-state index is 11.4. The van der Waals surface area contributed by atoms with E-state index in [1.807, 2.05) is 30.3 Å². The Labute approximate surface area is 133 Å². The molecule has 3 rings (SSSR count). The average molecular weight is 363 g/mol. The Kier molecular flexibility index (Phi) is 3.90. The van der Waals surface area contributed by atoms with Crippen LogP contribution in [0.4, 0.5) is 10.8 Å². The van der Waals surface area contributed by atoms with Gasteiger partial charge in [0.25, 0.3) is 0 Å². The van der Waals surface area contributed by atoms with Gasteiger partial charge in [-0.15, -0.1) is 11.3 Å². The van der Waals surface area contributed by atoms with E-state index in [4.69, 9.17) is 0 Å². The molecule has 1 heterocycles. The second-order valence-electron chi connectivity index (χ2n) is 4.36. The van der Waals surface area contributed by atoms with E-state index in [2.05, 4.69) is 37.0 Å². The van der Waals surface area contributed by atoms with Crippen LogP contribution in [0.25, 0.3) is 10.8 Å². The van der Waals surface area contributed by atoms with Crippen molar-refractivity contribution in [2.24, 2.45) is 0 Å². The molecule has 106 valence electrons. The molecule has 3 aromatic rings. The fraction of sp³-hybridized carbons (Fsp3) is 0.0667. The molecule has 0 unspecified atom stereocenters. The molecule has 0 atom stereocenters. The molecule has 21 heavy (non-hydrogen) atoms. The first kappa shape index (κ1) is 14.0. The molecule has 0 aliphatic heterocycles. The highest BCUT2D eigenvalue weighted by atomic mass is 79.9. The minimum atomic E-state index is -0.428. The van der Waals surface area contributed by atoms with E-state index in [0.717, 1.165) is 20.9 Å². The van der Waals surface area contributed by atoms with E-state index in [0.29, 0.717) is 10.8 Å². The van der Waals surface area contributed by atoms with Gasteiger partial charge in [-0.2, -0.15) is 0 Å². The van der Waals surface area contributed by atoms with E-state index < -0.39 is 5.97 Å². The predicted molar refractivity (Wildman–Crippen MR) is 88.4 cm³/mol. The summed E-state index contributed by atoms with van der Waals surface area (Å²) in [7, 11) is 1.34. The van der Waals surface area contributed by atoms with E-state index in [1.165, 1.54) is 18.4 Å². The van der Waals surface area contributed by atoms with E-state index in [-0.39, 0.29) is 0 Å². The Morgan fingerprint density at radius 2 is 2.00 bits per heavy atom. The van der Waals surface area contributed by atoms with Gasteiger partial charge in [0.15, 0.2) is 10.8 Å². The SMILES string of the molecule is COC(=O)c1csc(Nc2ccc3cc(Br)ccc3c2)n1. The summed E-state index contributed by atoms with van der Waals surface area (Å²) in [4.78, 5) is 15.6. The maximum Gasteiger partial charge on any atom is 0.357 e. The summed E-state index contributed by atoms with van der Waals surface area (Å²) in [5, 5.41) is 7.82. The Balaban J connectivity index is 1.86. The van der Waals surface area contributed by atoms with Gasteiger partial charge >= 0.3 is 5.97 Å². The Morgan fingerprint density at radius 3 is 2.81 bits per heavy atom. The smallest absolute Gasteiger partial charge is 0.357 e. The summed E-state index contributed by atoms with van der Waals surface area (Å²) < 4.78 is 5.70.